The second-order valence-electron chi connectivity index (χ2n) is 5.19. The number of hydrogen-bond donors (Lipinski definition) is 1. The maximum Gasteiger partial charge on any atom is 0.210 e. The van der Waals surface area contributed by atoms with Crippen LogP contribution in [-0.2, 0) is 4.79 Å². The lowest BCUT2D eigenvalue weighted by Gasteiger charge is -2.17. The second kappa shape index (κ2) is 6.58. The zero-order chi connectivity index (χ0) is 14.7. The van der Waals surface area contributed by atoms with Gasteiger partial charge in [-0.2, -0.15) is 0 Å². The predicted molar refractivity (Wildman–Crippen MR) is 87.5 cm³/mol. The number of carbonyl (C=O) groups excluding carboxylic acids is 1. The van der Waals surface area contributed by atoms with E-state index in [4.69, 9.17) is 0 Å². The van der Waals surface area contributed by atoms with Gasteiger partial charge in [0, 0.05) is 12.1 Å². The Hall–Kier alpha value is -1.40. The molecule has 1 atom stereocenters. The Morgan fingerprint density at radius 1 is 1.33 bits per heavy atom. The summed E-state index contributed by atoms with van der Waals surface area (Å²) in [6.45, 7) is 2.06. The van der Waals surface area contributed by atoms with E-state index < -0.39 is 0 Å². The third-order valence-corrected chi connectivity index (χ3v) is 5.66. The van der Waals surface area contributed by atoms with Gasteiger partial charge in [0.05, 0.1) is 5.25 Å². The van der Waals surface area contributed by atoms with E-state index in [1.165, 1.54) is 16.9 Å². The molecule has 0 spiro atoms. The number of carbonyl (C=O) groups is 1. The first kappa shape index (κ1) is 14.5. The van der Waals surface area contributed by atoms with E-state index >= 15 is 0 Å². The van der Waals surface area contributed by atoms with Crippen LogP contribution >= 0.6 is 23.1 Å². The van der Waals surface area contributed by atoms with Crippen molar-refractivity contribution >= 4 is 39.7 Å². The summed E-state index contributed by atoms with van der Waals surface area (Å²) in [4.78, 5) is 11.9. The Kier molecular flexibility index (Phi) is 4.55. The fourth-order valence-corrected chi connectivity index (χ4v) is 4.49. The predicted octanol–water partition coefficient (Wildman–Crippen LogP) is 4.19. The lowest BCUT2D eigenvalue weighted by atomic mass is 9.99. The van der Waals surface area contributed by atoms with Gasteiger partial charge >= 0.3 is 0 Å². The van der Waals surface area contributed by atoms with Gasteiger partial charge in [-0.05, 0) is 37.5 Å². The van der Waals surface area contributed by atoms with Crippen LogP contribution in [0.1, 0.15) is 31.2 Å². The summed E-state index contributed by atoms with van der Waals surface area (Å²) in [7, 11) is 0. The number of anilines is 2. The van der Waals surface area contributed by atoms with Gasteiger partial charge in [-0.1, -0.05) is 41.7 Å². The van der Waals surface area contributed by atoms with Crippen LogP contribution in [0.4, 0.5) is 10.8 Å². The zero-order valence-corrected chi connectivity index (χ0v) is 13.5. The highest BCUT2D eigenvalue weighted by Crippen LogP contribution is 2.35. The van der Waals surface area contributed by atoms with Gasteiger partial charge in [0.1, 0.15) is 5.78 Å². The van der Waals surface area contributed by atoms with Crippen molar-refractivity contribution in [1.29, 1.82) is 0 Å². The lowest BCUT2D eigenvalue weighted by Crippen LogP contribution is -2.21. The molecule has 110 valence electrons. The average molecular weight is 319 g/mol. The molecule has 2 aromatic rings. The Labute approximate surface area is 132 Å². The molecule has 0 aliphatic heterocycles. The van der Waals surface area contributed by atoms with Gasteiger partial charge in [-0.15, -0.1) is 10.2 Å². The maximum atomic E-state index is 11.9. The SMILES string of the molecule is Cc1cccc(Nc2nnc(SC3CCCCC3=O)s2)c1. The molecular formula is C15H17N3OS2. The Balaban J connectivity index is 1.64. The van der Waals surface area contributed by atoms with Crippen molar-refractivity contribution < 1.29 is 4.79 Å². The van der Waals surface area contributed by atoms with E-state index in [0.717, 1.165) is 34.4 Å². The summed E-state index contributed by atoms with van der Waals surface area (Å²) in [5.41, 5.74) is 2.21. The molecule has 1 N–H and O–H groups in total. The first-order chi connectivity index (χ1) is 10.2. The largest absolute Gasteiger partial charge is 0.330 e. The Morgan fingerprint density at radius 2 is 2.24 bits per heavy atom. The van der Waals surface area contributed by atoms with Crippen LogP contribution in [0.25, 0.3) is 0 Å². The van der Waals surface area contributed by atoms with Crippen molar-refractivity contribution in [2.24, 2.45) is 0 Å². The number of aromatic nitrogens is 2. The van der Waals surface area contributed by atoms with Gasteiger partial charge < -0.3 is 5.32 Å². The summed E-state index contributed by atoms with van der Waals surface area (Å²) < 4.78 is 0.866. The fraction of sp³-hybridized carbons (Fsp3) is 0.400. The van der Waals surface area contributed by atoms with E-state index in [1.807, 2.05) is 12.1 Å². The van der Waals surface area contributed by atoms with Crippen molar-refractivity contribution in [3.63, 3.8) is 0 Å². The van der Waals surface area contributed by atoms with Gasteiger partial charge in [-0.3, -0.25) is 4.79 Å². The molecule has 0 saturated heterocycles. The number of benzene rings is 1. The maximum absolute atomic E-state index is 11.9. The Morgan fingerprint density at radius 3 is 3.05 bits per heavy atom. The molecule has 0 radical (unpaired) electrons. The van der Waals surface area contributed by atoms with Crippen LogP contribution in [0, 0.1) is 6.92 Å². The molecule has 1 heterocycles. The average Bonchev–Trinajstić information content (AvgIpc) is 2.89. The number of rotatable bonds is 4. The van der Waals surface area contributed by atoms with Crippen LogP contribution in [0.2, 0.25) is 0 Å². The molecule has 1 saturated carbocycles. The van der Waals surface area contributed by atoms with Crippen LogP contribution in [0.5, 0.6) is 0 Å². The summed E-state index contributed by atoms with van der Waals surface area (Å²) in [5.74, 6) is 0.356. The van der Waals surface area contributed by atoms with Gasteiger partial charge in [-0.25, -0.2) is 0 Å². The van der Waals surface area contributed by atoms with E-state index in [-0.39, 0.29) is 5.25 Å². The normalized spacial score (nSPS) is 18.7. The standard InChI is InChI=1S/C15H17N3OS2/c1-10-5-4-6-11(9-10)16-14-17-18-15(21-14)20-13-8-3-2-7-12(13)19/h4-6,9,13H,2-3,7-8H2,1H3,(H,16,17). The molecule has 0 bridgehead atoms. The number of hydrogen-bond acceptors (Lipinski definition) is 6. The molecule has 21 heavy (non-hydrogen) atoms. The van der Waals surface area contributed by atoms with E-state index in [2.05, 4.69) is 34.6 Å². The number of nitrogens with zero attached hydrogens (tertiary/aromatic N) is 2. The minimum Gasteiger partial charge on any atom is -0.330 e. The Bertz CT molecular complexity index is 641. The van der Waals surface area contributed by atoms with Crippen molar-refractivity contribution in [1.82, 2.24) is 10.2 Å². The highest BCUT2D eigenvalue weighted by atomic mass is 32.2. The number of thioether (sulfide) groups is 1. The minimum absolute atomic E-state index is 0.0681. The van der Waals surface area contributed by atoms with Crippen molar-refractivity contribution in [2.75, 3.05) is 5.32 Å². The lowest BCUT2D eigenvalue weighted by molar-refractivity contribution is -0.119. The summed E-state index contributed by atoms with van der Waals surface area (Å²) in [6, 6.07) is 8.14. The monoisotopic (exact) mass is 319 g/mol. The van der Waals surface area contributed by atoms with Gasteiger partial charge in [0.15, 0.2) is 4.34 Å². The first-order valence-electron chi connectivity index (χ1n) is 7.07. The van der Waals surface area contributed by atoms with Gasteiger partial charge in [0.25, 0.3) is 0 Å². The van der Waals surface area contributed by atoms with Crippen molar-refractivity contribution in [2.45, 2.75) is 42.2 Å². The van der Waals surface area contributed by atoms with Crippen molar-refractivity contribution in [3.8, 4) is 0 Å². The smallest absolute Gasteiger partial charge is 0.210 e. The van der Waals surface area contributed by atoms with Gasteiger partial charge in [0.2, 0.25) is 5.13 Å². The molecule has 3 rings (SSSR count). The molecule has 0 amide bonds. The molecule has 4 nitrogen and oxygen atoms in total. The molecular weight excluding hydrogens is 302 g/mol. The minimum atomic E-state index is 0.0681. The molecule has 6 heteroatoms. The van der Waals surface area contributed by atoms with Crippen LogP contribution in [-0.4, -0.2) is 21.2 Å². The highest BCUT2D eigenvalue weighted by Gasteiger charge is 2.24. The first-order valence-corrected chi connectivity index (χ1v) is 8.77. The molecule has 1 aliphatic carbocycles. The highest BCUT2D eigenvalue weighted by molar-refractivity contribution is 8.02. The quantitative estimate of drug-likeness (QED) is 0.915. The summed E-state index contributed by atoms with van der Waals surface area (Å²) >= 11 is 3.07. The number of ketones is 1. The van der Waals surface area contributed by atoms with Crippen LogP contribution in [0.3, 0.4) is 0 Å². The zero-order valence-electron chi connectivity index (χ0n) is 11.8. The molecule has 1 aromatic heterocycles. The topological polar surface area (TPSA) is 54.9 Å². The van der Waals surface area contributed by atoms with Crippen molar-refractivity contribution in [3.05, 3.63) is 29.8 Å². The third-order valence-electron chi connectivity index (χ3n) is 3.42. The molecule has 1 fully saturated rings. The fourth-order valence-electron chi connectivity index (χ4n) is 2.35. The number of nitrogens with one attached hydrogen (secondary N) is 1. The molecule has 1 unspecified atom stereocenters. The number of aryl methyl sites for hydroxylation is 1. The molecule has 1 aliphatic rings. The van der Waals surface area contributed by atoms with Crippen LogP contribution in [0.15, 0.2) is 28.6 Å². The summed E-state index contributed by atoms with van der Waals surface area (Å²) in [6.07, 6.45) is 3.84. The third kappa shape index (κ3) is 3.83. The van der Waals surface area contributed by atoms with E-state index in [0.29, 0.717) is 12.2 Å². The van der Waals surface area contributed by atoms with Crippen LogP contribution < -0.4 is 5.32 Å². The van der Waals surface area contributed by atoms with E-state index in [9.17, 15) is 4.79 Å². The number of Topliss-reactive ketones (excluding diaryl/α,β-unsaturated/α-hetero) is 1. The molecule has 1 aromatic carbocycles. The summed E-state index contributed by atoms with van der Waals surface area (Å²) in [5, 5.41) is 12.4. The van der Waals surface area contributed by atoms with E-state index in [1.54, 1.807) is 11.8 Å². The second-order valence-corrected chi connectivity index (χ2v) is 7.61.